The van der Waals surface area contributed by atoms with Gasteiger partial charge in [0.2, 0.25) is 0 Å². The van der Waals surface area contributed by atoms with Gasteiger partial charge in [-0.3, -0.25) is 4.98 Å². The van der Waals surface area contributed by atoms with E-state index < -0.39 is 0 Å². The Hall–Kier alpha value is -2.37. The van der Waals surface area contributed by atoms with Crippen LogP contribution >= 0.6 is 0 Å². The first kappa shape index (κ1) is 9.20. The third-order valence-corrected chi connectivity index (χ3v) is 1.93. The summed E-state index contributed by atoms with van der Waals surface area (Å²) in [5.41, 5.74) is 6.78. The second-order valence-corrected chi connectivity index (χ2v) is 2.83. The molecule has 6 heteroatoms. The number of amidine groups is 1. The third kappa shape index (κ3) is 1.64. The zero-order valence-corrected chi connectivity index (χ0v) is 7.78. The summed E-state index contributed by atoms with van der Waals surface area (Å²) in [7, 11) is 0. The van der Waals surface area contributed by atoms with Crippen LogP contribution in [0.1, 0.15) is 5.56 Å². The standard InChI is InChI=1S/C9H9N5O/c10-9(13-15)7-2-4-11-6-8(7)14-5-1-3-12-14/h1-6,15H,(H2,10,13). The quantitative estimate of drug-likeness (QED) is 0.319. The van der Waals surface area contributed by atoms with E-state index >= 15 is 0 Å². The smallest absolute Gasteiger partial charge is 0.172 e. The summed E-state index contributed by atoms with van der Waals surface area (Å²) in [5.74, 6) is 0.0305. The topological polar surface area (TPSA) is 89.3 Å². The van der Waals surface area contributed by atoms with Crippen LogP contribution < -0.4 is 5.73 Å². The highest BCUT2D eigenvalue weighted by Gasteiger charge is 2.08. The van der Waals surface area contributed by atoms with Gasteiger partial charge in [0.15, 0.2) is 5.84 Å². The molecule has 0 fully saturated rings. The van der Waals surface area contributed by atoms with Crippen LogP contribution in [0.3, 0.4) is 0 Å². The normalized spacial score (nSPS) is 11.6. The van der Waals surface area contributed by atoms with Gasteiger partial charge in [0.25, 0.3) is 0 Å². The Labute approximate surface area is 85.7 Å². The fourth-order valence-corrected chi connectivity index (χ4v) is 1.25. The van der Waals surface area contributed by atoms with E-state index in [1.807, 2.05) is 0 Å². The van der Waals surface area contributed by atoms with E-state index in [2.05, 4.69) is 15.2 Å². The number of oxime groups is 1. The minimum absolute atomic E-state index is 0.0305. The van der Waals surface area contributed by atoms with E-state index in [0.29, 0.717) is 11.3 Å². The van der Waals surface area contributed by atoms with Crippen molar-refractivity contribution in [2.45, 2.75) is 0 Å². The Morgan fingerprint density at radius 2 is 2.33 bits per heavy atom. The molecule has 0 amide bonds. The molecule has 2 rings (SSSR count). The molecule has 0 saturated carbocycles. The molecule has 2 aromatic heterocycles. The van der Waals surface area contributed by atoms with E-state index in [1.54, 1.807) is 41.6 Å². The minimum atomic E-state index is 0.0305. The first-order chi connectivity index (χ1) is 7.33. The predicted octanol–water partition coefficient (Wildman–Crippen LogP) is 0.362. The first-order valence-electron chi connectivity index (χ1n) is 4.25. The highest BCUT2D eigenvalue weighted by atomic mass is 16.4. The molecular formula is C9H9N5O. The van der Waals surface area contributed by atoms with Gasteiger partial charge < -0.3 is 10.9 Å². The lowest BCUT2D eigenvalue weighted by Crippen LogP contribution is -2.16. The monoisotopic (exact) mass is 203 g/mol. The lowest BCUT2D eigenvalue weighted by Gasteiger charge is -2.06. The molecule has 6 nitrogen and oxygen atoms in total. The van der Waals surface area contributed by atoms with Crippen LogP contribution in [0, 0.1) is 0 Å². The molecular weight excluding hydrogens is 194 g/mol. The third-order valence-electron chi connectivity index (χ3n) is 1.93. The maximum Gasteiger partial charge on any atom is 0.172 e. The molecule has 0 radical (unpaired) electrons. The molecule has 0 aliphatic carbocycles. The summed E-state index contributed by atoms with van der Waals surface area (Å²) < 4.78 is 1.60. The van der Waals surface area contributed by atoms with E-state index in [4.69, 9.17) is 10.9 Å². The van der Waals surface area contributed by atoms with Crippen LogP contribution in [0.25, 0.3) is 5.69 Å². The van der Waals surface area contributed by atoms with Gasteiger partial charge in [-0.25, -0.2) is 4.68 Å². The van der Waals surface area contributed by atoms with Gasteiger partial charge in [-0.15, -0.1) is 0 Å². The van der Waals surface area contributed by atoms with Crippen molar-refractivity contribution in [3.63, 3.8) is 0 Å². The van der Waals surface area contributed by atoms with Crippen LogP contribution in [-0.2, 0) is 0 Å². The van der Waals surface area contributed by atoms with Gasteiger partial charge in [0.05, 0.1) is 11.9 Å². The number of pyridine rings is 1. The molecule has 0 aliphatic rings. The van der Waals surface area contributed by atoms with E-state index in [0.717, 1.165) is 0 Å². The van der Waals surface area contributed by atoms with Crippen LogP contribution in [0.4, 0.5) is 0 Å². The van der Waals surface area contributed by atoms with Crippen molar-refractivity contribution in [2.75, 3.05) is 0 Å². The Bertz CT molecular complexity index is 477. The minimum Gasteiger partial charge on any atom is -0.409 e. The molecule has 0 bridgehead atoms. The fourth-order valence-electron chi connectivity index (χ4n) is 1.25. The first-order valence-corrected chi connectivity index (χ1v) is 4.25. The largest absolute Gasteiger partial charge is 0.409 e. The van der Waals surface area contributed by atoms with Crippen molar-refractivity contribution in [1.29, 1.82) is 0 Å². The molecule has 0 saturated heterocycles. The van der Waals surface area contributed by atoms with Gasteiger partial charge in [-0.2, -0.15) is 5.10 Å². The van der Waals surface area contributed by atoms with Gasteiger partial charge >= 0.3 is 0 Å². The van der Waals surface area contributed by atoms with Crippen molar-refractivity contribution in [3.05, 3.63) is 42.5 Å². The molecule has 3 N–H and O–H groups in total. The lowest BCUT2D eigenvalue weighted by atomic mass is 10.2. The van der Waals surface area contributed by atoms with E-state index in [1.165, 1.54) is 0 Å². The van der Waals surface area contributed by atoms with Gasteiger partial charge in [-0.1, -0.05) is 5.16 Å². The summed E-state index contributed by atoms with van der Waals surface area (Å²) >= 11 is 0. The maximum atomic E-state index is 8.62. The zero-order valence-electron chi connectivity index (χ0n) is 7.78. The molecule has 2 heterocycles. The van der Waals surface area contributed by atoms with Crippen LogP contribution in [0.5, 0.6) is 0 Å². The van der Waals surface area contributed by atoms with Crippen molar-refractivity contribution in [2.24, 2.45) is 10.9 Å². The summed E-state index contributed by atoms with van der Waals surface area (Å²) in [6.07, 6.45) is 6.56. The summed E-state index contributed by atoms with van der Waals surface area (Å²) in [4.78, 5) is 3.96. The van der Waals surface area contributed by atoms with Gasteiger partial charge in [0, 0.05) is 24.2 Å². The van der Waals surface area contributed by atoms with Gasteiger partial charge in [0.1, 0.15) is 0 Å². The van der Waals surface area contributed by atoms with Crippen molar-refractivity contribution >= 4 is 5.84 Å². The van der Waals surface area contributed by atoms with Crippen LogP contribution in [0.15, 0.2) is 42.1 Å². The summed E-state index contributed by atoms with van der Waals surface area (Å²) in [6, 6.07) is 3.44. The number of nitrogens with two attached hydrogens (primary N) is 1. The molecule has 76 valence electrons. The Balaban J connectivity index is 2.57. The highest BCUT2D eigenvalue weighted by Crippen LogP contribution is 2.11. The second-order valence-electron chi connectivity index (χ2n) is 2.83. The Morgan fingerprint density at radius 3 is 3.00 bits per heavy atom. The van der Waals surface area contributed by atoms with Crippen molar-refractivity contribution < 1.29 is 5.21 Å². The molecule has 15 heavy (non-hydrogen) atoms. The molecule has 2 aromatic rings. The second kappa shape index (κ2) is 3.79. The average molecular weight is 203 g/mol. The number of hydrogen-bond acceptors (Lipinski definition) is 4. The van der Waals surface area contributed by atoms with Gasteiger partial charge in [-0.05, 0) is 12.1 Å². The Morgan fingerprint density at radius 1 is 1.47 bits per heavy atom. The number of rotatable bonds is 2. The number of nitrogens with zero attached hydrogens (tertiary/aromatic N) is 4. The van der Waals surface area contributed by atoms with E-state index in [9.17, 15) is 0 Å². The maximum absolute atomic E-state index is 8.62. The Kier molecular flexibility index (Phi) is 2.32. The molecule has 0 atom stereocenters. The SMILES string of the molecule is N/C(=N/O)c1ccncc1-n1cccn1. The zero-order chi connectivity index (χ0) is 10.7. The molecule has 0 aromatic carbocycles. The lowest BCUT2D eigenvalue weighted by molar-refractivity contribution is 0.318. The fraction of sp³-hybridized carbons (Fsp3) is 0. The summed E-state index contributed by atoms with van der Waals surface area (Å²) in [6.45, 7) is 0. The number of hydrogen-bond donors (Lipinski definition) is 2. The average Bonchev–Trinajstić information content (AvgIpc) is 2.81. The van der Waals surface area contributed by atoms with Crippen molar-refractivity contribution in [3.8, 4) is 5.69 Å². The predicted molar refractivity (Wildman–Crippen MR) is 53.9 cm³/mol. The molecule has 0 aliphatic heterocycles. The van der Waals surface area contributed by atoms with Crippen LogP contribution in [-0.4, -0.2) is 25.8 Å². The van der Waals surface area contributed by atoms with Crippen molar-refractivity contribution in [1.82, 2.24) is 14.8 Å². The van der Waals surface area contributed by atoms with E-state index in [-0.39, 0.29) is 5.84 Å². The molecule has 0 spiro atoms. The van der Waals surface area contributed by atoms with Crippen LogP contribution in [0.2, 0.25) is 0 Å². The molecule has 0 unspecified atom stereocenters. The summed E-state index contributed by atoms with van der Waals surface area (Å²) in [5, 5.41) is 15.6. The number of aromatic nitrogens is 3. The highest BCUT2D eigenvalue weighted by molar-refractivity contribution is 6.00.